The number of rotatable bonds is 7. The van der Waals surface area contributed by atoms with Crippen molar-refractivity contribution in [2.24, 2.45) is 0 Å². The molecule has 0 N–H and O–H groups in total. The van der Waals surface area contributed by atoms with Crippen molar-refractivity contribution < 1.29 is 16.4 Å². The van der Waals surface area contributed by atoms with Gasteiger partial charge in [0, 0.05) is 0 Å². The fourth-order valence-electron chi connectivity index (χ4n) is 11.0. The van der Waals surface area contributed by atoms with Crippen molar-refractivity contribution in [1.82, 2.24) is 0 Å². The van der Waals surface area contributed by atoms with E-state index in [2.05, 4.69) is 214 Å². The summed E-state index contributed by atoms with van der Waals surface area (Å²) in [7, 11) is 18.0. The first kappa shape index (κ1) is 37.9. The van der Waals surface area contributed by atoms with Gasteiger partial charge in [-0.1, -0.05) is 0 Å². The molecule has 1 aliphatic heterocycles. The zero-order chi connectivity index (χ0) is 40.6. The molecule has 2 atom stereocenters. The molecule has 2 unspecified atom stereocenters. The van der Waals surface area contributed by atoms with Crippen LogP contribution in [0, 0.1) is 13.8 Å². The summed E-state index contributed by atoms with van der Waals surface area (Å²) < 4.78 is 0.707. The van der Waals surface area contributed by atoms with Gasteiger partial charge >= 0.3 is 367 Å². The first-order valence-corrected chi connectivity index (χ1v) is 32.8. The molecule has 2 aliphatic carbocycles. The topological polar surface area (TPSA) is 0 Å². The number of aryl methyl sites for hydroxylation is 2. The number of allylic oxidation sites excluding steroid dienone is 2. The summed E-state index contributed by atoms with van der Waals surface area (Å²) >= 11 is -5.90. The van der Waals surface area contributed by atoms with Gasteiger partial charge in [0.2, 0.25) is 0 Å². The summed E-state index contributed by atoms with van der Waals surface area (Å²) in [6.07, 6.45) is 4.91. The van der Waals surface area contributed by atoms with Crippen LogP contribution < -0.4 is 13.6 Å². The molecular formula is C56H43Cl2SiZr. The average molecular weight is 906 g/mol. The maximum atomic E-state index is 9.48. The molecule has 0 amide bonds. The van der Waals surface area contributed by atoms with Crippen LogP contribution in [0.2, 0.25) is 0 Å². The van der Waals surface area contributed by atoms with E-state index in [0.717, 1.165) is 0 Å². The monoisotopic (exact) mass is 903 g/mol. The van der Waals surface area contributed by atoms with E-state index < -0.39 is 25.9 Å². The van der Waals surface area contributed by atoms with Crippen LogP contribution in [0.3, 0.4) is 0 Å². The summed E-state index contributed by atoms with van der Waals surface area (Å²) in [6.45, 7) is 4.43. The molecule has 0 saturated carbocycles. The van der Waals surface area contributed by atoms with Crippen molar-refractivity contribution in [3.8, 4) is 33.4 Å². The Morgan fingerprint density at radius 1 is 0.400 bits per heavy atom. The second kappa shape index (κ2) is 14.5. The number of benzene rings is 8. The predicted molar refractivity (Wildman–Crippen MR) is 258 cm³/mol. The molecule has 8 aromatic rings. The zero-order valence-corrected chi connectivity index (χ0v) is 39.1. The number of fused-ring (bicyclic) bond motifs is 5. The molecule has 1 heterocycles. The Kier molecular flexibility index (Phi) is 9.18. The minimum atomic E-state index is -5.90. The standard InChI is InChI=1S/2C22H17.C12H9Si.2ClH.Zr/c2*1-16-8-5-6-12-20(16)21-13-7-11-18-14-19(15-22(18)21)17-9-3-2-4-10-17;1-3-7-11-9(5-1)10-6-2-4-8-12(10)13-11;;;/h2*2-15H,1H3;1-7H,13H2;2*1H;/q;;;;;+2/p-2. The van der Waals surface area contributed by atoms with Gasteiger partial charge in [0.1, 0.15) is 0 Å². The summed E-state index contributed by atoms with van der Waals surface area (Å²) in [5.41, 5.74) is 19.7. The molecule has 11 rings (SSSR count). The van der Waals surface area contributed by atoms with Crippen molar-refractivity contribution in [3.05, 3.63) is 233 Å². The van der Waals surface area contributed by atoms with Gasteiger partial charge in [-0.15, -0.1) is 0 Å². The molecule has 4 heteroatoms. The molecule has 3 aliphatic rings. The summed E-state index contributed by atoms with van der Waals surface area (Å²) in [6, 6.07) is 69.0. The molecule has 0 spiro atoms. The molecule has 0 radical (unpaired) electrons. The van der Waals surface area contributed by atoms with Gasteiger partial charge < -0.3 is 0 Å². The van der Waals surface area contributed by atoms with E-state index in [1.165, 1.54) is 103 Å². The molecule has 0 nitrogen and oxygen atoms in total. The van der Waals surface area contributed by atoms with Crippen LogP contribution in [-0.2, 0) is 16.4 Å². The van der Waals surface area contributed by atoms with E-state index in [1.54, 1.807) is 0 Å². The van der Waals surface area contributed by atoms with Crippen molar-refractivity contribution in [2.75, 3.05) is 0 Å². The van der Waals surface area contributed by atoms with Crippen LogP contribution in [0.25, 0.3) is 56.7 Å². The molecule has 0 saturated heterocycles. The number of hydrogen-bond acceptors (Lipinski definition) is 0. The molecule has 289 valence electrons. The third kappa shape index (κ3) is 5.72. The second-order valence-electron chi connectivity index (χ2n) is 16.9. The Morgan fingerprint density at radius 3 is 1.33 bits per heavy atom. The SMILES string of the molecule is Cc1ccccc1-c1cccc2c1C=C(c1ccccc1)[CH]2[Zr]([Cl])([Cl])([c]1cccc2c1[SiH2]c1ccccc1-2)[CH]1C(c2ccccc2)=Cc2c(-c3ccccc3C)cccc21. The van der Waals surface area contributed by atoms with E-state index in [1.807, 2.05) is 0 Å². The fraction of sp³-hybridized carbons (Fsp3) is 0.0714. The minimum absolute atomic E-state index is 0.259. The van der Waals surface area contributed by atoms with Crippen LogP contribution in [0.1, 0.15) is 51.8 Å². The Balaban J connectivity index is 1.28. The normalized spacial score (nSPS) is 17.2. The molecule has 0 aromatic heterocycles. The van der Waals surface area contributed by atoms with Crippen molar-refractivity contribution in [2.45, 2.75) is 21.1 Å². The molecule has 0 fully saturated rings. The Hall–Kier alpha value is -5.08. The first-order valence-electron chi connectivity index (χ1n) is 21.0. The van der Waals surface area contributed by atoms with Crippen LogP contribution in [0.4, 0.5) is 0 Å². The Bertz CT molecular complexity index is 2930. The van der Waals surface area contributed by atoms with Gasteiger partial charge in [0.15, 0.2) is 0 Å². The number of hydrogen-bond donors (Lipinski definition) is 0. The van der Waals surface area contributed by atoms with Crippen molar-refractivity contribution in [3.63, 3.8) is 0 Å². The second-order valence-corrected chi connectivity index (χ2v) is 39.3. The maximum absolute atomic E-state index is 9.48. The third-order valence-corrected chi connectivity index (χ3v) is 36.1. The Labute approximate surface area is 364 Å². The zero-order valence-electron chi connectivity index (χ0n) is 33.7. The summed E-state index contributed by atoms with van der Waals surface area (Å²) in [5, 5.41) is 2.88. The molecule has 0 bridgehead atoms. The summed E-state index contributed by atoms with van der Waals surface area (Å²) in [5.74, 6) is 0. The third-order valence-electron chi connectivity index (χ3n) is 13.6. The van der Waals surface area contributed by atoms with Gasteiger partial charge in [-0.25, -0.2) is 0 Å². The van der Waals surface area contributed by atoms with Gasteiger partial charge in [0.05, 0.1) is 0 Å². The average Bonchev–Trinajstić information content (AvgIpc) is 4.01. The quantitative estimate of drug-likeness (QED) is 0.140. The summed E-state index contributed by atoms with van der Waals surface area (Å²) in [4.78, 5) is 0. The van der Waals surface area contributed by atoms with E-state index in [4.69, 9.17) is 0 Å². The fourth-order valence-corrected chi connectivity index (χ4v) is 38.0. The van der Waals surface area contributed by atoms with Crippen LogP contribution in [0.5, 0.6) is 0 Å². The van der Waals surface area contributed by atoms with Crippen LogP contribution >= 0.6 is 17.0 Å². The number of halogens is 2. The van der Waals surface area contributed by atoms with Crippen LogP contribution in [0.15, 0.2) is 188 Å². The van der Waals surface area contributed by atoms with Crippen molar-refractivity contribution in [1.29, 1.82) is 0 Å². The van der Waals surface area contributed by atoms with E-state index >= 15 is 0 Å². The van der Waals surface area contributed by atoms with E-state index in [0.29, 0.717) is 0 Å². The van der Waals surface area contributed by atoms with Crippen molar-refractivity contribution >= 4 is 63.5 Å². The van der Waals surface area contributed by atoms with E-state index in [-0.39, 0.29) is 7.25 Å². The van der Waals surface area contributed by atoms with Gasteiger partial charge in [-0.3, -0.25) is 0 Å². The first-order chi connectivity index (χ1) is 29.3. The molecule has 60 heavy (non-hydrogen) atoms. The molecule has 8 aromatic carbocycles. The van der Waals surface area contributed by atoms with Gasteiger partial charge in [0.25, 0.3) is 0 Å². The molecular weight excluding hydrogens is 863 g/mol. The van der Waals surface area contributed by atoms with Gasteiger partial charge in [-0.2, -0.15) is 0 Å². The Morgan fingerprint density at radius 2 is 0.817 bits per heavy atom. The predicted octanol–water partition coefficient (Wildman–Crippen LogP) is 13.0. The van der Waals surface area contributed by atoms with Gasteiger partial charge in [-0.05, 0) is 0 Å². The van der Waals surface area contributed by atoms with Crippen LogP contribution in [-0.4, -0.2) is 9.52 Å². The van der Waals surface area contributed by atoms with E-state index in [9.17, 15) is 17.0 Å².